The van der Waals surface area contributed by atoms with Gasteiger partial charge in [0.05, 0.1) is 11.0 Å². The average Bonchev–Trinajstić information content (AvgIpc) is 4.03. The van der Waals surface area contributed by atoms with Crippen molar-refractivity contribution >= 4 is 66.4 Å². The lowest BCUT2D eigenvalue weighted by Crippen LogP contribution is -2.26. The Hall–Kier alpha value is -8.35. The van der Waals surface area contributed by atoms with Gasteiger partial charge in [-0.1, -0.05) is 140 Å². The van der Waals surface area contributed by atoms with Gasteiger partial charge >= 0.3 is 0 Å². The molecular formula is C57H36N4O2. The Morgan fingerprint density at radius 3 is 1.79 bits per heavy atom. The van der Waals surface area contributed by atoms with Crippen molar-refractivity contribution in [2.45, 2.75) is 12.8 Å². The summed E-state index contributed by atoms with van der Waals surface area (Å²) in [6.07, 6.45) is 4.01. The van der Waals surface area contributed by atoms with Crippen molar-refractivity contribution in [3.8, 4) is 51.0 Å². The highest BCUT2D eigenvalue weighted by molar-refractivity contribution is 6.14. The highest BCUT2D eigenvalue weighted by Crippen LogP contribution is 2.41. The molecule has 296 valence electrons. The van der Waals surface area contributed by atoms with Crippen molar-refractivity contribution in [1.82, 2.24) is 19.5 Å². The van der Waals surface area contributed by atoms with E-state index in [1.807, 2.05) is 54.6 Å². The number of rotatable bonds is 6. The lowest BCUT2D eigenvalue weighted by atomic mass is 9.88. The smallest absolute Gasteiger partial charge is 0.164 e. The molecule has 4 heterocycles. The van der Waals surface area contributed by atoms with Crippen molar-refractivity contribution in [2.75, 3.05) is 0 Å². The third kappa shape index (κ3) is 5.69. The summed E-state index contributed by atoms with van der Waals surface area (Å²) in [6.45, 7) is 0. The highest BCUT2D eigenvalue weighted by atomic mass is 16.3. The summed E-state index contributed by atoms with van der Waals surface area (Å²) >= 11 is 0. The Balaban J connectivity index is 0.978. The number of furan rings is 2. The van der Waals surface area contributed by atoms with Gasteiger partial charge in [-0.25, -0.2) is 15.0 Å². The van der Waals surface area contributed by atoms with Gasteiger partial charge in [0, 0.05) is 60.1 Å². The lowest BCUT2D eigenvalue weighted by molar-refractivity contribution is 0.571. The van der Waals surface area contributed by atoms with Crippen LogP contribution in [0.2, 0.25) is 0 Å². The van der Waals surface area contributed by atoms with Crippen LogP contribution in [0.4, 0.5) is 0 Å². The Kier molecular flexibility index (Phi) is 7.93. The molecule has 0 atom stereocenters. The largest absolute Gasteiger partial charge is 0.456 e. The maximum Gasteiger partial charge on any atom is 0.164 e. The van der Waals surface area contributed by atoms with Crippen LogP contribution in [0, 0.1) is 0 Å². The van der Waals surface area contributed by atoms with Gasteiger partial charge in [0.1, 0.15) is 22.2 Å². The molecule has 0 fully saturated rings. The summed E-state index contributed by atoms with van der Waals surface area (Å²) in [4.78, 5) is 15.2. The van der Waals surface area contributed by atoms with Crippen molar-refractivity contribution in [3.63, 3.8) is 0 Å². The topological polar surface area (TPSA) is 69.9 Å². The number of fused-ring (bicyclic) bond motifs is 9. The number of hydrogen-bond donors (Lipinski definition) is 0. The second-order valence-electron chi connectivity index (χ2n) is 16.2. The molecule has 63 heavy (non-hydrogen) atoms. The van der Waals surface area contributed by atoms with Gasteiger partial charge in [-0.2, -0.15) is 0 Å². The fourth-order valence-corrected chi connectivity index (χ4v) is 9.73. The van der Waals surface area contributed by atoms with Crippen molar-refractivity contribution in [1.29, 1.82) is 0 Å². The summed E-state index contributed by atoms with van der Waals surface area (Å²) in [5.41, 5.74) is 14.4. The van der Waals surface area contributed by atoms with E-state index in [2.05, 4.69) is 144 Å². The number of aromatic nitrogens is 4. The number of nitrogens with zero attached hydrogens (tertiary/aromatic N) is 4. The fourth-order valence-electron chi connectivity index (χ4n) is 9.73. The maximum absolute atomic E-state index is 6.78. The SMILES string of the molecule is C1=c2oc3cc(-c4nc(-c5ccccc5)nc(-c5ccc6c(c5)oc5ccccc56)n4)ccc3c2=C(c2ccccc2-c2cccc3c4ccccc4n(-c4ccccc4)c23)CC1. The summed E-state index contributed by atoms with van der Waals surface area (Å²) in [6, 6.07) is 65.7. The minimum absolute atomic E-state index is 0.570. The molecule has 0 N–H and O–H groups in total. The molecule has 0 saturated heterocycles. The third-order valence-electron chi connectivity index (χ3n) is 12.6. The van der Waals surface area contributed by atoms with E-state index in [1.54, 1.807) is 0 Å². The minimum Gasteiger partial charge on any atom is -0.456 e. The molecule has 0 saturated carbocycles. The zero-order chi connectivity index (χ0) is 41.4. The first-order valence-corrected chi connectivity index (χ1v) is 21.4. The van der Waals surface area contributed by atoms with E-state index in [4.69, 9.17) is 23.8 Å². The monoisotopic (exact) mass is 808 g/mol. The zero-order valence-electron chi connectivity index (χ0n) is 34.0. The van der Waals surface area contributed by atoms with E-state index < -0.39 is 0 Å². The first kappa shape index (κ1) is 35.4. The summed E-state index contributed by atoms with van der Waals surface area (Å²) in [5, 5.41) is 6.83. The van der Waals surface area contributed by atoms with Crippen molar-refractivity contribution in [3.05, 3.63) is 204 Å². The highest BCUT2D eigenvalue weighted by Gasteiger charge is 2.22. The summed E-state index contributed by atoms with van der Waals surface area (Å²) in [5.74, 6) is 1.74. The molecule has 4 aromatic heterocycles. The van der Waals surface area contributed by atoms with E-state index in [9.17, 15) is 0 Å². The number of hydrogen-bond acceptors (Lipinski definition) is 5. The molecule has 12 aromatic rings. The van der Waals surface area contributed by atoms with E-state index >= 15 is 0 Å². The predicted octanol–water partition coefficient (Wildman–Crippen LogP) is 13.1. The van der Waals surface area contributed by atoms with Crippen LogP contribution in [0.5, 0.6) is 0 Å². The minimum atomic E-state index is 0.570. The van der Waals surface area contributed by atoms with Crippen LogP contribution in [-0.4, -0.2) is 19.5 Å². The maximum atomic E-state index is 6.78. The van der Waals surface area contributed by atoms with Crippen LogP contribution in [-0.2, 0) is 0 Å². The van der Waals surface area contributed by atoms with E-state index in [0.717, 1.165) is 78.8 Å². The second kappa shape index (κ2) is 14.1. The molecule has 1 aliphatic rings. The van der Waals surface area contributed by atoms with E-state index in [0.29, 0.717) is 17.5 Å². The van der Waals surface area contributed by atoms with E-state index in [1.165, 1.54) is 44.1 Å². The van der Waals surface area contributed by atoms with Crippen molar-refractivity contribution < 1.29 is 8.83 Å². The summed E-state index contributed by atoms with van der Waals surface area (Å²) < 4.78 is 15.5. The molecular weight excluding hydrogens is 773 g/mol. The standard InChI is InChI=1S/C57H36N4O2/c1-3-15-35(16-4-1)55-58-56(36-29-31-43-42-22-10-12-27-49(42)62-51(43)33-36)60-57(59-55)37-30-32-47-52(34-37)63-50-28-14-23-44(53(47)50)39-19-7-8-20-40(39)45-24-13-25-46-41-21-9-11-26-48(41)61(54(45)46)38-17-5-2-6-18-38/h1-13,15-22,24-34H,14,23H2. The van der Waals surface area contributed by atoms with Gasteiger partial charge in [0.25, 0.3) is 0 Å². The second-order valence-corrected chi connectivity index (χ2v) is 16.2. The van der Waals surface area contributed by atoms with Crippen LogP contribution in [0.3, 0.4) is 0 Å². The number of para-hydroxylation sites is 4. The molecule has 1 aliphatic carbocycles. The number of benzene rings is 8. The molecule has 8 aromatic carbocycles. The van der Waals surface area contributed by atoms with Crippen LogP contribution in [0.25, 0.3) is 117 Å². The van der Waals surface area contributed by atoms with Gasteiger partial charge < -0.3 is 13.4 Å². The molecule has 13 rings (SSSR count). The van der Waals surface area contributed by atoms with Crippen LogP contribution >= 0.6 is 0 Å². The van der Waals surface area contributed by atoms with Crippen molar-refractivity contribution in [2.24, 2.45) is 0 Å². The van der Waals surface area contributed by atoms with Crippen LogP contribution in [0.15, 0.2) is 197 Å². The predicted molar refractivity (Wildman–Crippen MR) is 255 cm³/mol. The van der Waals surface area contributed by atoms with Gasteiger partial charge in [0.2, 0.25) is 0 Å². The first-order chi connectivity index (χ1) is 31.2. The van der Waals surface area contributed by atoms with Gasteiger partial charge in [0.15, 0.2) is 17.5 Å². The Bertz CT molecular complexity index is 3920. The molecule has 0 spiro atoms. The molecule has 0 unspecified atom stereocenters. The quantitative estimate of drug-likeness (QED) is 0.167. The van der Waals surface area contributed by atoms with Crippen LogP contribution in [0.1, 0.15) is 18.4 Å². The molecule has 0 amide bonds. The van der Waals surface area contributed by atoms with Gasteiger partial charge in [-0.15, -0.1) is 0 Å². The molecule has 6 heteroatoms. The third-order valence-corrected chi connectivity index (χ3v) is 12.6. The zero-order valence-corrected chi connectivity index (χ0v) is 34.0. The Labute approximate surface area is 361 Å². The molecule has 0 aliphatic heterocycles. The lowest BCUT2D eigenvalue weighted by Gasteiger charge is -2.17. The fraction of sp³-hybridized carbons (Fsp3) is 0.0351. The van der Waals surface area contributed by atoms with E-state index in [-0.39, 0.29) is 0 Å². The summed E-state index contributed by atoms with van der Waals surface area (Å²) in [7, 11) is 0. The first-order valence-electron chi connectivity index (χ1n) is 21.4. The molecule has 6 nitrogen and oxygen atoms in total. The van der Waals surface area contributed by atoms with Gasteiger partial charge in [-0.05, 0) is 84.1 Å². The van der Waals surface area contributed by atoms with Gasteiger partial charge in [-0.3, -0.25) is 0 Å². The van der Waals surface area contributed by atoms with Crippen LogP contribution < -0.4 is 10.6 Å². The normalized spacial score (nSPS) is 12.7. The Morgan fingerprint density at radius 2 is 1.00 bits per heavy atom. The Morgan fingerprint density at radius 1 is 0.413 bits per heavy atom. The average molecular weight is 809 g/mol. The molecule has 0 bridgehead atoms. The molecule has 0 radical (unpaired) electrons.